The second-order valence-electron chi connectivity index (χ2n) is 9.80. The SMILES string of the molecule is CO[C@@H]1O[C@@H](C2=CC(=O)O[C@H]2O)CC=C1CC/C=C(\C)CC[C@@H]1C(C)=CCCC1(C)C. The van der Waals surface area contributed by atoms with Crippen molar-refractivity contribution in [1.29, 1.82) is 0 Å². The molecule has 2 heterocycles. The maximum absolute atomic E-state index is 11.4. The second-order valence-corrected chi connectivity index (χ2v) is 9.80. The van der Waals surface area contributed by atoms with Crippen molar-refractivity contribution in [3.63, 3.8) is 0 Å². The zero-order chi connectivity index (χ0) is 22.6. The molecule has 5 nitrogen and oxygen atoms in total. The summed E-state index contributed by atoms with van der Waals surface area (Å²) in [6.07, 6.45) is 13.3. The van der Waals surface area contributed by atoms with Crippen LogP contribution >= 0.6 is 0 Å². The Hall–Kier alpha value is -1.69. The molecule has 31 heavy (non-hydrogen) atoms. The van der Waals surface area contributed by atoms with E-state index in [-0.39, 0.29) is 0 Å². The van der Waals surface area contributed by atoms with Gasteiger partial charge in [0.25, 0.3) is 0 Å². The van der Waals surface area contributed by atoms with E-state index in [2.05, 4.69) is 45.9 Å². The number of allylic oxidation sites excluding steroid dienone is 4. The Bertz CT molecular complexity index is 786. The first-order valence-electron chi connectivity index (χ1n) is 11.5. The first-order chi connectivity index (χ1) is 14.7. The van der Waals surface area contributed by atoms with Crippen LogP contribution in [0.25, 0.3) is 0 Å². The molecular weight excluding hydrogens is 392 g/mol. The van der Waals surface area contributed by atoms with Crippen molar-refractivity contribution in [2.75, 3.05) is 7.11 Å². The number of aliphatic hydroxyl groups is 1. The van der Waals surface area contributed by atoms with Gasteiger partial charge >= 0.3 is 5.97 Å². The number of carbonyl (C=O) groups excluding carboxylic acids is 1. The normalized spacial score (nSPS) is 31.1. The van der Waals surface area contributed by atoms with E-state index in [1.807, 2.05) is 0 Å². The van der Waals surface area contributed by atoms with Gasteiger partial charge in [-0.05, 0) is 75.7 Å². The fourth-order valence-electron chi connectivity index (χ4n) is 5.14. The molecule has 1 aliphatic carbocycles. The summed E-state index contributed by atoms with van der Waals surface area (Å²) in [5.41, 5.74) is 4.96. The predicted molar refractivity (Wildman–Crippen MR) is 121 cm³/mol. The molecule has 0 aromatic rings. The lowest BCUT2D eigenvalue weighted by Gasteiger charge is -2.38. The molecule has 1 N–H and O–H groups in total. The Kier molecular flexibility index (Phi) is 7.95. The molecule has 0 aromatic heterocycles. The van der Waals surface area contributed by atoms with Gasteiger partial charge in [0.05, 0.1) is 6.10 Å². The fourth-order valence-corrected chi connectivity index (χ4v) is 5.14. The van der Waals surface area contributed by atoms with Crippen molar-refractivity contribution in [2.24, 2.45) is 11.3 Å². The quantitative estimate of drug-likeness (QED) is 0.414. The minimum absolute atomic E-state index is 0.392. The van der Waals surface area contributed by atoms with Gasteiger partial charge in [0, 0.05) is 18.8 Å². The molecule has 3 rings (SSSR count). The molecule has 0 aromatic carbocycles. The number of ether oxygens (including phenoxy) is 3. The molecule has 0 fully saturated rings. The summed E-state index contributed by atoms with van der Waals surface area (Å²) in [7, 11) is 1.62. The lowest BCUT2D eigenvalue weighted by molar-refractivity contribution is -0.157. The lowest BCUT2D eigenvalue weighted by atomic mass is 9.67. The topological polar surface area (TPSA) is 65.0 Å². The number of cyclic esters (lactones) is 1. The van der Waals surface area contributed by atoms with Crippen molar-refractivity contribution in [1.82, 2.24) is 0 Å². The highest BCUT2D eigenvalue weighted by atomic mass is 16.7. The van der Waals surface area contributed by atoms with Crippen molar-refractivity contribution in [2.45, 2.75) is 91.3 Å². The van der Waals surface area contributed by atoms with Gasteiger partial charge in [0.1, 0.15) is 0 Å². The molecule has 0 saturated heterocycles. The van der Waals surface area contributed by atoms with Gasteiger partial charge in [0.2, 0.25) is 6.29 Å². The third-order valence-electron chi connectivity index (χ3n) is 7.07. The highest BCUT2D eigenvalue weighted by Gasteiger charge is 2.35. The van der Waals surface area contributed by atoms with E-state index >= 15 is 0 Å². The predicted octanol–water partition coefficient (Wildman–Crippen LogP) is 5.37. The van der Waals surface area contributed by atoms with Gasteiger partial charge in [-0.3, -0.25) is 0 Å². The average Bonchev–Trinajstić information content (AvgIpc) is 3.05. The van der Waals surface area contributed by atoms with E-state index in [0.717, 1.165) is 24.8 Å². The number of hydrogen-bond acceptors (Lipinski definition) is 5. The van der Waals surface area contributed by atoms with Crippen molar-refractivity contribution >= 4 is 5.97 Å². The largest absolute Gasteiger partial charge is 0.429 e. The summed E-state index contributed by atoms with van der Waals surface area (Å²) in [4.78, 5) is 11.4. The van der Waals surface area contributed by atoms with E-state index in [0.29, 0.717) is 23.3 Å². The van der Waals surface area contributed by atoms with Crippen molar-refractivity contribution in [3.8, 4) is 0 Å². The Morgan fingerprint density at radius 1 is 1.35 bits per heavy atom. The third-order valence-corrected chi connectivity index (χ3v) is 7.07. The minimum atomic E-state index is -1.22. The molecule has 0 unspecified atom stereocenters. The van der Waals surface area contributed by atoms with Crippen LogP contribution in [-0.2, 0) is 19.0 Å². The number of methoxy groups -OCH3 is 1. The fraction of sp³-hybridized carbons (Fsp3) is 0.654. The van der Waals surface area contributed by atoms with E-state index in [1.54, 1.807) is 12.7 Å². The zero-order valence-corrected chi connectivity index (χ0v) is 19.6. The summed E-state index contributed by atoms with van der Waals surface area (Å²) in [5, 5.41) is 9.87. The van der Waals surface area contributed by atoms with Crippen LogP contribution in [0.5, 0.6) is 0 Å². The van der Waals surface area contributed by atoms with Gasteiger partial charge in [0.15, 0.2) is 6.29 Å². The van der Waals surface area contributed by atoms with Gasteiger partial charge < -0.3 is 19.3 Å². The highest BCUT2D eigenvalue weighted by Crippen LogP contribution is 2.43. The molecule has 4 atom stereocenters. The molecular formula is C26H38O5. The molecule has 5 heteroatoms. The van der Waals surface area contributed by atoms with E-state index in [4.69, 9.17) is 14.2 Å². The first kappa shape index (κ1) is 24.0. The molecule has 0 saturated carbocycles. The molecule has 3 aliphatic rings. The highest BCUT2D eigenvalue weighted by molar-refractivity contribution is 5.85. The number of hydrogen-bond donors (Lipinski definition) is 1. The molecule has 0 radical (unpaired) electrons. The monoisotopic (exact) mass is 430 g/mol. The Morgan fingerprint density at radius 2 is 2.13 bits per heavy atom. The Labute approximate surface area is 186 Å². The summed E-state index contributed by atoms with van der Waals surface area (Å²) in [6.45, 7) is 9.34. The van der Waals surface area contributed by atoms with Crippen molar-refractivity contribution < 1.29 is 24.1 Å². The van der Waals surface area contributed by atoms with Gasteiger partial charge in [-0.25, -0.2) is 4.79 Å². The van der Waals surface area contributed by atoms with Crippen LogP contribution in [0.4, 0.5) is 0 Å². The number of aliphatic hydroxyl groups excluding tert-OH is 1. The smallest absolute Gasteiger partial charge is 0.333 e. The van der Waals surface area contributed by atoms with Crippen LogP contribution < -0.4 is 0 Å². The molecule has 0 amide bonds. The van der Waals surface area contributed by atoms with Crippen LogP contribution in [0.15, 0.2) is 46.6 Å². The molecule has 172 valence electrons. The maximum atomic E-state index is 11.4. The average molecular weight is 431 g/mol. The van der Waals surface area contributed by atoms with E-state index in [1.165, 1.54) is 30.9 Å². The van der Waals surface area contributed by atoms with Crippen LogP contribution in [-0.4, -0.2) is 36.9 Å². The molecule has 2 aliphatic heterocycles. The second kappa shape index (κ2) is 10.3. The van der Waals surface area contributed by atoms with Gasteiger partial charge in [-0.15, -0.1) is 0 Å². The number of esters is 1. The Balaban J connectivity index is 1.51. The van der Waals surface area contributed by atoms with Gasteiger partial charge in [-0.2, -0.15) is 0 Å². The zero-order valence-electron chi connectivity index (χ0n) is 19.6. The first-order valence-corrected chi connectivity index (χ1v) is 11.5. The number of rotatable bonds is 8. The van der Waals surface area contributed by atoms with Crippen LogP contribution in [0, 0.1) is 11.3 Å². The van der Waals surface area contributed by atoms with E-state index in [9.17, 15) is 9.90 Å². The van der Waals surface area contributed by atoms with Crippen LogP contribution in [0.1, 0.15) is 72.6 Å². The van der Waals surface area contributed by atoms with Crippen molar-refractivity contribution in [3.05, 3.63) is 46.6 Å². The summed E-state index contributed by atoms with van der Waals surface area (Å²) in [6, 6.07) is 0. The number of carbonyl (C=O) groups is 1. The van der Waals surface area contributed by atoms with E-state index < -0.39 is 24.7 Å². The van der Waals surface area contributed by atoms with Crippen LogP contribution in [0.2, 0.25) is 0 Å². The standard InChI is InChI=1S/C26H38O5/c1-17(11-13-21-18(2)9-7-15-26(21,3)4)8-6-10-19-12-14-22(30-25(19)29-5)20-16-23(27)31-24(20)28/h8-9,12,16,21-22,24-25,28H,6-7,10-11,13-15H2,1-5H3/b17-8+/t21-,22-,24-,25-/m1/s1. The van der Waals surface area contributed by atoms with Crippen LogP contribution in [0.3, 0.4) is 0 Å². The summed E-state index contributed by atoms with van der Waals surface area (Å²) in [5.74, 6) is 0.141. The Morgan fingerprint density at radius 3 is 2.77 bits per heavy atom. The maximum Gasteiger partial charge on any atom is 0.333 e. The van der Waals surface area contributed by atoms with Gasteiger partial charge in [-0.1, -0.05) is 43.2 Å². The summed E-state index contributed by atoms with van der Waals surface area (Å²) >= 11 is 0. The third kappa shape index (κ3) is 5.97. The minimum Gasteiger partial charge on any atom is -0.429 e. The molecule has 0 spiro atoms. The lowest BCUT2D eigenvalue weighted by Crippen LogP contribution is -2.33. The summed E-state index contributed by atoms with van der Waals surface area (Å²) < 4.78 is 16.3. The molecule has 0 bridgehead atoms.